The quantitative estimate of drug-likeness (QED) is 0.783. The summed E-state index contributed by atoms with van der Waals surface area (Å²) in [4.78, 5) is 15.8. The van der Waals surface area contributed by atoms with E-state index in [1.807, 2.05) is 24.3 Å². The molecule has 3 aromatic rings. The molecule has 0 bridgehead atoms. The lowest BCUT2D eigenvalue weighted by atomic mass is 10.1. The zero-order chi connectivity index (χ0) is 16.9. The normalized spacial score (nSPS) is 10.6. The summed E-state index contributed by atoms with van der Waals surface area (Å²) in [5, 5.41) is 6.64. The second-order valence-electron chi connectivity index (χ2n) is 5.22. The highest BCUT2D eigenvalue weighted by atomic mass is 19.1. The van der Waals surface area contributed by atoms with Crippen molar-refractivity contribution in [1.29, 1.82) is 0 Å². The molecular formula is C17H14F2N4O. The highest BCUT2D eigenvalue weighted by molar-refractivity contribution is 5.94. The summed E-state index contributed by atoms with van der Waals surface area (Å²) in [6, 6.07) is 10.4. The van der Waals surface area contributed by atoms with Crippen LogP contribution >= 0.6 is 0 Å². The van der Waals surface area contributed by atoms with Crippen molar-refractivity contribution in [2.75, 3.05) is 0 Å². The van der Waals surface area contributed by atoms with E-state index in [0.717, 1.165) is 23.3 Å². The average molecular weight is 328 g/mol. The molecule has 3 rings (SSSR count). The molecule has 0 spiro atoms. The molecule has 0 unspecified atom stereocenters. The minimum atomic E-state index is -0.879. The van der Waals surface area contributed by atoms with Crippen molar-refractivity contribution >= 4 is 5.91 Å². The fourth-order valence-corrected chi connectivity index (χ4v) is 2.22. The Bertz CT molecular complexity index is 832. The van der Waals surface area contributed by atoms with Crippen molar-refractivity contribution in [1.82, 2.24) is 20.1 Å². The standard InChI is InChI=1S/C17H14F2N4O/c18-14-5-6-15(16(19)7-14)17(24)21-8-12-1-3-13(4-2-12)9-23-11-20-10-22-23/h1-7,10-11H,8-9H2,(H,21,24). The predicted octanol–water partition coefficient (Wildman–Crippen LogP) is 2.53. The summed E-state index contributed by atoms with van der Waals surface area (Å²) >= 11 is 0. The second kappa shape index (κ2) is 6.99. The van der Waals surface area contributed by atoms with Gasteiger partial charge in [-0.3, -0.25) is 4.79 Å². The zero-order valence-electron chi connectivity index (χ0n) is 12.6. The van der Waals surface area contributed by atoms with Gasteiger partial charge in [-0.2, -0.15) is 5.10 Å². The minimum Gasteiger partial charge on any atom is -0.348 e. The van der Waals surface area contributed by atoms with Crippen LogP contribution in [0, 0.1) is 11.6 Å². The maximum Gasteiger partial charge on any atom is 0.254 e. The first-order valence-corrected chi connectivity index (χ1v) is 7.25. The van der Waals surface area contributed by atoms with Gasteiger partial charge in [0, 0.05) is 12.6 Å². The topological polar surface area (TPSA) is 59.8 Å². The molecule has 24 heavy (non-hydrogen) atoms. The number of aromatic nitrogens is 3. The van der Waals surface area contributed by atoms with Crippen molar-refractivity contribution in [3.8, 4) is 0 Å². The fourth-order valence-electron chi connectivity index (χ4n) is 2.22. The SMILES string of the molecule is O=C(NCc1ccc(Cn2cncn2)cc1)c1ccc(F)cc1F. The third kappa shape index (κ3) is 3.81. The average Bonchev–Trinajstić information content (AvgIpc) is 3.07. The lowest BCUT2D eigenvalue weighted by Crippen LogP contribution is -2.23. The van der Waals surface area contributed by atoms with E-state index in [2.05, 4.69) is 15.4 Å². The molecule has 1 N–H and O–H groups in total. The van der Waals surface area contributed by atoms with Gasteiger partial charge >= 0.3 is 0 Å². The number of nitrogens with one attached hydrogen (secondary N) is 1. The third-order valence-electron chi connectivity index (χ3n) is 3.46. The Morgan fingerprint density at radius 3 is 2.50 bits per heavy atom. The van der Waals surface area contributed by atoms with E-state index < -0.39 is 17.5 Å². The van der Waals surface area contributed by atoms with Gasteiger partial charge in [-0.25, -0.2) is 18.4 Å². The molecule has 122 valence electrons. The Hall–Kier alpha value is -3.09. The number of hydrogen-bond acceptors (Lipinski definition) is 3. The van der Waals surface area contributed by atoms with Gasteiger partial charge in [0.25, 0.3) is 5.91 Å². The summed E-state index contributed by atoms with van der Waals surface area (Å²) in [6.07, 6.45) is 3.10. The van der Waals surface area contributed by atoms with E-state index in [9.17, 15) is 13.6 Å². The van der Waals surface area contributed by atoms with Gasteiger partial charge in [0.05, 0.1) is 12.1 Å². The minimum absolute atomic E-state index is 0.181. The van der Waals surface area contributed by atoms with Gasteiger partial charge in [0.2, 0.25) is 0 Å². The van der Waals surface area contributed by atoms with Crippen LogP contribution in [-0.2, 0) is 13.1 Å². The fraction of sp³-hybridized carbons (Fsp3) is 0.118. The molecule has 0 aliphatic rings. The van der Waals surface area contributed by atoms with Gasteiger partial charge in [-0.15, -0.1) is 0 Å². The van der Waals surface area contributed by atoms with Gasteiger partial charge in [0.1, 0.15) is 24.3 Å². The third-order valence-corrected chi connectivity index (χ3v) is 3.46. The van der Waals surface area contributed by atoms with Crippen LogP contribution in [0.25, 0.3) is 0 Å². The maximum absolute atomic E-state index is 13.5. The molecule has 0 aliphatic heterocycles. The smallest absolute Gasteiger partial charge is 0.254 e. The summed E-state index contributed by atoms with van der Waals surface area (Å²) in [6.45, 7) is 0.854. The largest absolute Gasteiger partial charge is 0.348 e. The van der Waals surface area contributed by atoms with Gasteiger partial charge in [0.15, 0.2) is 0 Å². The number of rotatable bonds is 5. The number of carbonyl (C=O) groups is 1. The first-order valence-electron chi connectivity index (χ1n) is 7.25. The summed E-state index contributed by atoms with van der Waals surface area (Å²) in [7, 11) is 0. The first-order chi connectivity index (χ1) is 11.6. The summed E-state index contributed by atoms with van der Waals surface area (Å²) in [5.41, 5.74) is 1.73. The van der Waals surface area contributed by atoms with Crippen LogP contribution in [0.5, 0.6) is 0 Å². The molecule has 1 heterocycles. The first kappa shape index (κ1) is 15.8. The Morgan fingerprint density at radius 2 is 1.83 bits per heavy atom. The number of carbonyl (C=O) groups excluding carboxylic acids is 1. The van der Waals surface area contributed by atoms with E-state index in [4.69, 9.17) is 0 Å². The molecule has 0 fully saturated rings. The Labute approximate surface area is 137 Å². The number of benzene rings is 2. The molecule has 0 atom stereocenters. The van der Waals surface area contributed by atoms with Crippen molar-refractivity contribution in [3.05, 3.63) is 83.4 Å². The van der Waals surface area contributed by atoms with E-state index in [0.29, 0.717) is 12.6 Å². The van der Waals surface area contributed by atoms with E-state index in [1.165, 1.54) is 6.33 Å². The predicted molar refractivity (Wildman–Crippen MR) is 83.1 cm³/mol. The molecule has 0 radical (unpaired) electrons. The summed E-state index contributed by atoms with van der Waals surface area (Å²) in [5.74, 6) is -2.18. The molecule has 1 amide bonds. The molecule has 5 nitrogen and oxygen atoms in total. The van der Waals surface area contributed by atoms with Crippen molar-refractivity contribution in [3.63, 3.8) is 0 Å². The lowest BCUT2D eigenvalue weighted by Gasteiger charge is -2.07. The highest BCUT2D eigenvalue weighted by Crippen LogP contribution is 2.10. The molecule has 2 aromatic carbocycles. The number of halogens is 2. The van der Waals surface area contributed by atoms with Crippen molar-refractivity contribution in [2.24, 2.45) is 0 Å². The Morgan fingerprint density at radius 1 is 1.08 bits per heavy atom. The Kier molecular flexibility index (Phi) is 4.60. The van der Waals surface area contributed by atoms with Crippen LogP contribution in [0.2, 0.25) is 0 Å². The van der Waals surface area contributed by atoms with Crippen LogP contribution in [-0.4, -0.2) is 20.7 Å². The molecule has 7 heteroatoms. The van der Waals surface area contributed by atoms with E-state index >= 15 is 0 Å². The van der Waals surface area contributed by atoms with Gasteiger partial charge < -0.3 is 5.32 Å². The molecule has 0 saturated heterocycles. The zero-order valence-corrected chi connectivity index (χ0v) is 12.6. The molecule has 1 aromatic heterocycles. The van der Waals surface area contributed by atoms with E-state index in [1.54, 1.807) is 11.0 Å². The monoisotopic (exact) mass is 328 g/mol. The van der Waals surface area contributed by atoms with Crippen molar-refractivity contribution in [2.45, 2.75) is 13.1 Å². The molecular weight excluding hydrogens is 314 g/mol. The molecule has 0 saturated carbocycles. The Balaban J connectivity index is 1.59. The lowest BCUT2D eigenvalue weighted by molar-refractivity contribution is 0.0947. The van der Waals surface area contributed by atoms with Crippen LogP contribution in [0.15, 0.2) is 55.1 Å². The van der Waals surface area contributed by atoms with Gasteiger partial charge in [-0.05, 0) is 23.3 Å². The van der Waals surface area contributed by atoms with Crippen LogP contribution in [0.1, 0.15) is 21.5 Å². The van der Waals surface area contributed by atoms with Crippen LogP contribution < -0.4 is 5.32 Å². The summed E-state index contributed by atoms with van der Waals surface area (Å²) < 4.78 is 28.1. The number of hydrogen-bond donors (Lipinski definition) is 1. The maximum atomic E-state index is 13.5. The number of amides is 1. The van der Waals surface area contributed by atoms with Gasteiger partial charge in [-0.1, -0.05) is 24.3 Å². The van der Waals surface area contributed by atoms with Crippen LogP contribution in [0.3, 0.4) is 0 Å². The van der Waals surface area contributed by atoms with E-state index in [-0.39, 0.29) is 12.1 Å². The number of nitrogens with zero attached hydrogens (tertiary/aromatic N) is 3. The molecule has 0 aliphatic carbocycles. The second-order valence-corrected chi connectivity index (χ2v) is 5.22. The highest BCUT2D eigenvalue weighted by Gasteiger charge is 2.12. The van der Waals surface area contributed by atoms with Crippen LogP contribution in [0.4, 0.5) is 8.78 Å². The van der Waals surface area contributed by atoms with Crippen molar-refractivity contribution < 1.29 is 13.6 Å².